The van der Waals surface area contributed by atoms with Crippen molar-refractivity contribution in [1.29, 1.82) is 0 Å². The third-order valence-electron chi connectivity index (χ3n) is 4.48. The quantitative estimate of drug-likeness (QED) is 0.855. The molecule has 1 aliphatic carbocycles. The van der Waals surface area contributed by atoms with Crippen LogP contribution >= 0.6 is 0 Å². The van der Waals surface area contributed by atoms with E-state index in [0.29, 0.717) is 5.41 Å². The average molecular weight is 234 g/mol. The Labute approximate surface area is 103 Å². The standard InChI is InChI=1S/C13H22N4/c14-10-13(3-1-2-4-13)11-16-7-8-17-6-5-15-12(17)9-16/h5-6H,1-4,7-11,14H2. The van der Waals surface area contributed by atoms with E-state index in [4.69, 9.17) is 5.73 Å². The van der Waals surface area contributed by atoms with Gasteiger partial charge in [0, 0.05) is 32.0 Å². The molecular formula is C13H22N4. The zero-order chi connectivity index (χ0) is 11.7. The fraction of sp³-hybridized carbons (Fsp3) is 0.769. The number of fused-ring (bicyclic) bond motifs is 1. The molecule has 94 valence electrons. The van der Waals surface area contributed by atoms with Gasteiger partial charge >= 0.3 is 0 Å². The van der Waals surface area contributed by atoms with Gasteiger partial charge in [-0.1, -0.05) is 12.8 Å². The van der Waals surface area contributed by atoms with Gasteiger partial charge in [-0.2, -0.15) is 0 Å². The fourth-order valence-electron chi connectivity index (χ4n) is 3.38. The molecule has 2 N–H and O–H groups in total. The second-order valence-corrected chi connectivity index (χ2v) is 5.66. The van der Waals surface area contributed by atoms with Crippen LogP contribution in [0.1, 0.15) is 31.5 Å². The molecule has 1 fully saturated rings. The Morgan fingerprint density at radius 1 is 1.29 bits per heavy atom. The van der Waals surface area contributed by atoms with Crippen LogP contribution in [0.25, 0.3) is 0 Å². The van der Waals surface area contributed by atoms with Gasteiger partial charge in [-0.3, -0.25) is 4.90 Å². The number of imidazole rings is 1. The number of rotatable bonds is 3. The van der Waals surface area contributed by atoms with Crippen LogP contribution in [0, 0.1) is 5.41 Å². The molecule has 1 aliphatic heterocycles. The summed E-state index contributed by atoms with van der Waals surface area (Å²) in [7, 11) is 0. The molecule has 0 amide bonds. The maximum atomic E-state index is 6.01. The van der Waals surface area contributed by atoms with Crippen molar-refractivity contribution in [2.24, 2.45) is 11.1 Å². The van der Waals surface area contributed by atoms with Gasteiger partial charge in [0.25, 0.3) is 0 Å². The van der Waals surface area contributed by atoms with Crippen LogP contribution in [0.3, 0.4) is 0 Å². The van der Waals surface area contributed by atoms with E-state index in [-0.39, 0.29) is 0 Å². The van der Waals surface area contributed by atoms with Crippen LogP contribution in [0.4, 0.5) is 0 Å². The summed E-state index contributed by atoms with van der Waals surface area (Å²) in [5, 5.41) is 0. The summed E-state index contributed by atoms with van der Waals surface area (Å²) in [5.74, 6) is 1.21. The summed E-state index contributed by atoms with van der Waals surface area (Å²) < 4.78 is 2.26. The van der Waals surface area contributed by atoms with Crippen molar-refractivity contribution in [2.75, 3.05) is 19.6 Å². The second-order valence-electron chi connectivity index (χ2n) is 5.66. The molecule has 0 bridgehead atoms. The van der Waals surface area contributed by atoms with Crippen LogP contribution in [0.5, 0.6) is 0 Å². The molecule has 1 saturated carbocycles. The monoisotopic (exact) mass is 234 g/mol. The molecule has 3 rings (SSSR count). The molecule has 4 nitrogen and oxygen atoms in total. The van der Waals surface area contributed by atoms with Gasteiger partial charge in [-0.25, -0.2) is 4.98 Å². The summed E-state index contributed by atoms with van der Waals surface area (Å²) >= 11 is 0. The van der Waals surface area contributed by atoms with Gasteiger partial charge < -0.3 is 10.3 Å². The summed E-state index contributed by atoms with van der Waals surface area (Å²) in [6.45, 7) is 5.23. The summed E-state index contributed by atoms with van der Waals surface area (Å²) in [6, 6.07) is 0. The number of hydrogen-bond acceptors (Lipinski definition) is 3. The lowest BCUT2D eigenvalue weighted by Gasteiger charge is -2.36. The minimum atomic E-state index is 0.398. The molecule has 2 heterocycles. The Morgan fingerprint density at radius 2 is 2.12 bits per heavy atom. The van der Waals surface area contributed by atoms with Crippen LogP contribution in [0.15, 0.2) is 12.4 Å². The van der Waals surface area contributed by atoms with Gasteiger partial charge in [0.15, 0.2) is 0 Å². The molecule has 0 saturated heterocycles. The lowest BCUT2D eigenvalue weighted by atomic mass is 9.85. The van der Waals surface area contributed by atoms with Crippen LogP contribution < -0.4 is 5.73 Å². The Hall–Kier alpha value is -0.870. The first-order valence-corrected chi connectivity index (χ1v) is 6.74. The highest BCUT2D eigenvalue weighted by atomic mass is 15.2. The largest absolute Gasteiger partial charge is 0.333 e. The number of nitrogens with two attached hydrogens (primary N) is 1. The van der Waals surface area contributed by atoms with Crippen molar-refractivity contribution < 1.29 is 0 Å². The van der Waals surface area contributed by atoms with Crippen LogP contribution in [0.2, 0.25) is 0 Å². The van der Waals surface area contributed by atoms with Gasteiger partial charge in [-0.15, -0.1) is 0 Å². The van der Waals surface area contributed by atoms with E-state index in [1.54, 1.807) is 0 Å². The zero-order valence-electron chi connectivity index (χ0n) is 10.4. The smallest absolute Gasteiger partial charge is 0.122 e. The molecule has 0 aromatic carbocycles. The molecule has 4 heteroatoms. The number of aromatic nitrogens is 2. The fourth-order valence-corrected chi connectivity index (χ4v) is 3.38. The highest BCUT2D eigenvalue weighted by molar-refractivity contribution is 4.97. The van der Waals surface area contributed by atoms with E-state index < -0.39 is 0 Å². The van der Waals surface area contributed by atoms with Gasteiger partial charge in [0.1, 0.15) is 5.82 Å². The van der Waals surface area contributed by atoms with E-state index in [1.807, 2.05) is 6.20 Å². The lowest BCUT2D eigenvalue weighted by Crippen LogP contribution is -2.44. The maximum Gasteiger partial charge on any atom is 0.122 e. The normalized spacial score (nSPS) is 23.8. The lowest BCUT2D eigenvalue weighted by molar-refractivity contribution is 0.129. The Balaban J connectivity index is 1.67. The maximum absolute atomic E-state index is 6.01. The van der Waals surface area contributed by atoms with E-state index in [9.17, 15) is 0 Å². The molecule has 0 spiro atoms. The van der Waals surface area contributed by atoms with Gasteiger partial charge in [0.05, 0.1) is 6.54 Å². The summed E-state index contributed by atoms with van der Waals surface area (Å²) in [5.41, 5.74) is 6.41. The zero-order valence-corrected chi connectivity index (χ0v) is 10.4. The highest BCUT2D eigenvalue weighted by Crippen LogP contribution is 2.38. The summed E-state index contributed by atoms with van der Waals surface area (Å²) in [4.78, 5) is 6.96. The molecule has 0 unspecified atom stereocenters. The molecule has 17 heavy (non-hydrogen) atoms. The molecule has 1 aromatic rings. The van der Waals surface area contributed by atoms with E-state index >= 15 is 0 Å². The first-order chi connectivity index (χ1) is 8.31. The predicted molar refractivity (Wildman–Crippen MR) is 67.5 cm³/mol. The number of hydrogen-bond donors (Lipinski definition) is 1. The van der Waals surface area contributed by atoms with Crippen molar-refractivity contribution >= 4 is 0 Å². The van der Waals surface area contributed by atoms with Gasteiger partial charge in [0.2, 0.25) is 0 Å². The van der Waals surface area contributed by atoms with Crippen LogP contribution in [-0.2, 0) is 13.1 Å². The molecule has 0 atom stereocenters. The highest BCUT2D eigenvalue weighted by Gasteiger charge is 2.35. The Morgan fingerprint density at radius 3 is 2.88 bits per heavy atom. The van der Waals surface area contributed by atoms with Crippen LogP contribution in [-0.4, -0.2) is 34.1 Å². The first-order valence-electron chi connectivity index (χ1n) is 6.74. The van der Waals surface area contributed by atoms with Crippen molar-refractivity contribution in [1.82, 2.24) is 14.5 Å². The SMILES string of the molecule is NCC1(CN2CCn3ccnc3C2)CCCC1. The third kappa shape index (κ3) is 2.11. The van der Waals surface area contributed by atoms with Crippen molar-refractivity contribution in [2.45, 2.75) is 38.8 Å². The van der Waals surface area contributed by atoms with Gasteiger partial charge in [-0.05, 0) is 24.8 Å². The topological polar surface area (TPSA) is 47.1 Å². The third-order valence-corrected chi connectivity index (χ3v) is 4.48. The van der Waals surface area contributed by atoms with Crippen molar-refractivity contribution in [3.05, 3.63) is 18.2 Å². The first kappa shape index (κ1) is 11.2. The molecule has 0 radical (unpaired) electrons. The van der Waals surface area contributed by atoms with Crippen molar-refractivity contribution in [3.63, 3.8) is 0 Å². The molecular weight excluding hydrogens is 212 g/mol. The Kier molecular flexibility index (Phi) is 2.92. The second kappa shape index (κ2) is 4.42. The van der Waals surface area contributed by atoms with E-state index in [1.165, 1.54) is 31.5 Å². The molecule has 1 aromatic heterocycles. The number of nitrogens with zero attached hydrogens (tertiary/aromatic N) is 3. The molecule has 2 aliphatic rings. The predicted octanol–water partition coefficient (Wildman–Crippen LogP) is 1.22. The minimum absolute atomic E-state index is 0.398. The summed E-state index contributed by atoms with van der Waals surface area (Å²) in [6.07, 6.45) is 9.34. The minimum Gasteiger partial charge on any atom is -0.333 e. The van der Waals surface area contributed by atoms with E-state index in [2.05, 4.69) is 20.6 Å². The average Bonchev–Trinajstić information content (AvgIpc) is 2.97. The van der Waals surface area contributed by atoms with Crippen molar-refractivity contribution in [3.8, 4) is 0 Å². The van der Waals surface area contributed by atoms with E-state index in [0.717, 1.165) is 32.7 Å². The Bertz CT molecular complexity index is 379.